The van der Waals surface area contributed by atoms with Crippen LogP contribution in [0.5, 0.6) is 5.75 Å². The molecule has 1 saturated heterocycles. The Morgan fingerprint density at radius 2 is 1.88 bits per heavy atom. The van der Waals surface area contributed by atoms with Crippen LogP contribution in [0.4, 0.5) is 4.39 Å². The number of aromatic nitrogens is 5. The number of fused-ring (bicyclic) bond motifs is 1. The van der Waals surface area contributed by atoms with Crippen LogP contribution in [0.2, 0.25) is 0 Å². The van der Waals surface area contributed by atoms with Gasteiger partial charge in [-0.15, -0.1) is 4.80 Å². The first-order chi connectivity index (χ1) is 20.3. The molecule has 4 heterocycles. The highest BCUT2D eigenvalue weighted by molar-refractivity contribution is 7.21. The Balaban J connectivity index is 1.76. The van der Waals surface area contributed by atoms with Crippen molar-refractivity contribution < 1.29 is 23.8 Å². The Morgan fingerprint density at radius 3 is 2.49 bits per heavy atom. The minimum atomic E-state index is -1.59. The van der Waals surface area contributed by atoms with Gasteiger partial charge in [0.2, 0.25) is 5.91 Å². The Bertz CT molecular complexity index is 1770. The van der Waals surface area contributed by atoms with Gasteiger partial charge in [-0.1, -0.05) is 25.2 Å². The average Bonchev–Trinajstić information content (AvgIpc) is 3.58. The van der Waals surface area contributed by atoms with Crippen LogP contribution in [0.1, 0.15) is 44.9 Å². The van der Waals surface area contributed by atoms with Crippen LogP contribution in [0.15, 0.2) is 40.2 Å². The van der Waals surface area contributed by atoms with Crippen LogP contribution in [-0.2, 0) is 21.6 Å². The Kier molecular flexibility index (Phi) is 8.29. The normalized spacial score (nSPS) is 14.9. The Hall–Kier alpha value is -3.88. The molecular weight excluding hydrogens is 579 g/mol. The molecule has 1 aliphatic heterocycles. The molecule has 3 aromatic heterocycles. The number of aliphatic hydroxyl groups excluding tert-OH is 1. The highest BCUT2D eigenvalue weighted by atomic mass is 32.1. The molecule has 0 unspecified atom stereocenters. The number of rotatable bonds is 10. The minimum Gasteiger partial charge on any atom is -0.496 e. The second kappa shape index (κ2) is 11.7. The van der Waals surface area contributed by atoms with Gasteiger partial charge in [0, 0.05) is 30.8 Å². The number of likely N-dealkylation sites (tertiary alicyclic amines) is 1. The number of carbonyl (C=O) groups excluding carboxylic acids is 1. The zero-order valence-electron chi connectivity index (χ0n) is 24.9. The van der Waals surface area contributed by atoms with E-state index in [1.165, 1.54) is 65.8 Å². The molecule has 0 aliphatic carbocycles. The smallest absolute Gasteiger partial charge is 0.333 e. The molecule has 1 N–H and O–H groups in total. The number of thiophene rings is 1. The molecule has 1 aromatic carbocycles. The molecule has 14 heteroatoms. The lowest BCUT2D eigenvalue weighted by Gasteiger charge is -2.41. The second-order valence-corrected chi connectivity index (χ2v) is 12.6. The topological polar surface area (TPSA) is 134 Å². The first kappa shape index (κ1) is 30.6. The maximum atomic E-state index is 14.5. The van der Waals surface area contributed by atoms with Crippen LogP contribution in [0.25, 0.3) is 15.2 Å². The van der Waals surface area contributed by atoms with Crippen molar-refractivity contribution in [2.75, 3.05) is 26.8 Å². The number of β-amino-alcohol motifs (C(OH)–C–C–N with tert-alkyl or cyclic N) is 1. The van der Waals surface area contributed by atoms with E-state index in [1.807, 2.05) is 13.8 Å². The highest BCUT2D eigenvalue weighted by Gasteiger charge is 2.42. The van der Waals surface area contributed by atoms with E-state index in [1.54, 1.807) is 6.92 Å². The minimum absolute atomic E-state index is 0.110. The number of hydrogen-bond donors (Lipinski definition) is 1. The quantitative estimate of drug-likeness (QED) is 0.288. The summed E-state index contributed by atoms with van der Waals surface area (Å²) in [6, 6.07) is 4.08. The van der Waals surface area contributed by atoms with Crippen molar-refractivity contribution in [1.29, 1.82) is 0 Å². The molecule has 1 amide bonds. The van der Waals surface area contributed by atoms with E-state index in [0.29, 0.717) is 33.3 Å². The van der Waals surface area contributed by atoms with Gasteiger partial charge in [-0.3, -0.25) is 14.2 Å². The number of hydrogen-bond acceptors (Lipinski definition) is 9. The summed E-state index contributed by atoms with van der Waals surface area (Å²) >= 11 is 1.16. The summed E-state index contributed by atoms with van der Waals surface area (Å²) < 4.78 is 28.7. The molecule has 0 saturated carbocycles. The van der Waals surface area contributed by atoms with E-state index in [9.17, 15) is 23.9 Å². The third-order valence-electron chi connectivity index (χ3n) is 7.54. The number of aliphatic hydroxyl groups is 1. The molecule has 43 heavy (non-hydrogen) atoms. The van der Waals surface area contributed by atoms with E-state index in [-0.39, 0.29) is 30.9 Å². The maximum Gasteiger partial charge on any atom is 0.333 e. The molecule has 0 spiro atoms. The van der Waals surface area contributed by atoms with Crippen LogP contribution in [-0.4, -0.2) is 73.0 Å². The van der Waals surface area contributed by atoms with Crippen molar-refractivity contribution >= 4 is 27.5 Å². The van der Waals surface area contributed by atoms with Crippen molar-refractivity contribution in [2.24, 2.45) is 5.92 Å². The first-order valence-corrected chi connectivity index (χ1v) is 14.7. The van der Waals surface area contributed by atoms with Gasteiger partial charge in [-0.05, 0) is 44.9 Å². The van der Waals surface area contributed by atoms with Gasteiger partial charge in [-0.2, -0.15) is 10.2 Å². The molecular formula is C29H35FN6O6S. The molecule has 1 aliphatic rings. The van der Waals surface area contributed by atoms with Crippen molar-refractivity contribution in [3.63, 3.8) is 0 Å². The SMILES string of the molecule is COc1ccc(F)cc1[C@H](Cn1c(=O)n(C(C)(C)C(=O)N2CC(O)C2)c(=O)c2c(C)c(-n3nccn3)sc21)OCC(C)C. The zero-order chi connectivity index (χ0) is 31.2. The fourth-order valence-electron chi connectivity index (χ4n) is 5.28. The van der Waals surface area contributed by atoms with Gasteiger partial charge in [-0.25, -0.2) is 13.8 Å². The van der Waals surface area contributed by atoms with E-state index in [4.69, 9.17) is 9.47 Å². The number of halogens is 1. The Morgan fingerprint density at radius 1 is 1.21 bits per heavy atom. The fourth-order valence-corrected chi connectivity index (χ4v) is 6.50. The summed E-state index contributed by atoms with van der Waals surface area (Å²) in [4.78, 5) is 45.2. The molecule has 0 radical (unpaired) electrons. The number of nitrogens with zero attached hydrogens (tertiary/aromatic N) is 6. The van der Waals surface area contributed by atoms with Crippen molar-refractivity contribution in [3.8, 4) is 10.8 Å². The monoisotopic (exact) mass is 614 g/mol. The van der Waals surface area contributed by atoms with Crippen molar-refractivity contribution in [1.82, 2.24) is 29.0 Å². The molecule has 4 aromatic rings. The van der Waals surface area contributed by atoms with Crippen LogP contribution >= 0.6 is 11.3 Å². The number of methoxy groups -OCH3 is 1. The number of benzene rings is 1. The summed E-state index contributed by atoms with van der Waals surface area (Å²) in [5.41, 5.74) is -2.02. The van der Waals surface area contributed by atoms with Crippen molar-refractivity contribution in [3.05, 3.63) is 68.4 Å². The van der Waals surface area contributed by atoms with Gasteiger partial charge in [0.1, 0.15) is 33.0 Å². The lowest BCUT2D eigenvalue weighted by molar-refractivity contribution is -0.149. The van der Waals surface area contributed by atoms with E-state index in [2.05, 4.69) is 10.2 Å². The number of ether oxygens (including phenoxy) is 2. The van der Waals surface area contributed by atoms with E-state index < -0.39 is 40.7 Å². The van der Waals surface area contributed by atoms with Crippen molar-refractivity contribution in [2.45, 2.75) is 58.9 Å². The lowest BCUT2D eigenvalue weighted by atomic mass is 9.99. The third-order valence-corrected chi connectivity index (χ3v) is 8.82. The van der Waals surface area contributed by atoms with Gasteiger partial charge in [0.05, 0.1) is 37.5 Å². The van der Waals surface area contributed by atoms with Gasteiger partial charge >= 0.3 is 5.69 Å². The van der Waals surface area contributed by atoms with E-state index in [0.717, 1.165) is 15.9 Å². The van der Waals surface area contributed by atoms with Crippen LogP contribution < -0.4 is 16.0 Å². The number of carbonyl (C=O) groups is 1. The summed E-state index contributed by atoms with van der Waals surface area (Å²) in [7, 11) is 1.47. The molecule has 12 nitrogen and oxygen atoms in total. The fraction of sp³-hybridized carbons (Fsp3) is 0.483. The van der Waals surface area contributed by atoms with Crippen LogP contribution in [0, 0.1) is 18.7 Å². The van der Waals surface area contributed by atoms with Gasteiger partial charge < -0.3 is 19.5 Å². The number of amides is 1. The summed E-state index contributed by atoms with van der Waals surface area (Å²) in [6.45, 7) is 9.12. The Labute approximate surface area is 250 Å². The summed E-state index contributed by atoms with van der Waals surface area (Å²) in [5.74, 6) is -0.468. The highest BCUT2D eigenvalue weighted by Crippen LogP contribution is 2.34. The lowest BCUT2D eigenvalue weighted by Crippen LogP contribution is -2.62. The zero-order valence-corrected chi connectivity index (χ0v) is 25.7. The predicted octanol–water partition coefficient (Wildman–Crippen LogP) is 2.61. The van der Waals surface area contributed by atoms with E-state index >= 15 is 0 Å². The first-order valence-electron chi connectivity index (χ1n) is 13.9. The maximum absolute atomic E-state index is 14.5. The second-order valence-electron chi connectivity index (χ2n) is 11.6. The largest absolute Gasteiger partial charge is 0.496 e. The average molecular weight is 615 g/mol. The molecule has 1 atom stereocenters. The summed E-state index contributed by atoms with van der Waals surface area (Å²) in [6.07, 6.45) is 1.51. The third kappa shape index (κ3) is 5.50. The molecule has 230 valence electrons. The molecule has 5 rings (SSSR count). The standard InChI is InChI=1S/C29H35FN6O6S/c1-16(2)15-42-22(20-11-18(30)7-8-21(20)41-6)14-34-26-23(17(3)25(43-26)36-31-9-10-32-36)24(38)35(28(34)40)29(4,5)27(39)33-12-19(37)13-33/h7-11,16,19,22,37H,12-15H2,1-6H3/t22-/m0/s1. The summed E-state index contributed by atoms with van der Waals surface area (Å²) in [5, 5.41) is 19.0. The molecule has 0 bridgehead atoms. The van der Waals surface area contributed by atoms with Crippen LogP contribution in [0.3, 0.4) is 0 Å². The van der Waals surface area contributed by atoms with Gasteiger partial charge in [0.15, 0.2) is 0 Å². The van der Waals surface area contributed by atoms with Gasteiger partial charge in [0.25, 0.3) is 5.56 Å². The predicted molar refractivity (Wildman–Crippen MR) is 158 cm³/mol. The molecule has 1 fully saturated rings. The number of aryl methyl sites for hydroxylation is 1.